The van der Waals surface area contributed by atoms with Gasteiger partial charge in [-0.25, -0.2) is 9.37 Å². The Morgan fingerprint density at radius 2 is 1.88 bits per heavy atom. The highest BCUT2D eigenvalue weighted by Gasteiger charge is 2.54. The average Bonchev–Trinajstić information content (AvgIpc) is 3.77. The van der Waals surface area contributed by atoms with Gasteiger partial charge in [-0.3, -0.25) is 24.0 Å². The number of anilines is 1. The molecule has 3 heterocycles. The van der Waals surface area contributed by atoms with Crippen molar-refractivity contribution in [3.8, 4) is 22.6 Å². The molecule has 2 fully saturated rings. The molecule has 0 bridgehead atoms. The minimum Gasteiger partial charge on any atom is -0.404 e. The summed E-state index contributed by atoms with van der Waals surface area (Å²) in [5.74, 6) is -1.82. The van der Waals surface area contributed by atoms with Crippen molar-refractivity contribution in [1.29, 1.82) is 0 Å². The third-order valence-electron chi connectivity index (χ3n) is 7.32. The van der Waals surface area contributed by atoms with Crippen LogP contribution in [0.3, 0.4) is 0 Å². The molecule has 1 saturated carbocycles. The minimum atomic E-state index is -5.02. The quantitative estimate of drug-likeness (QED) is 0.346. The highest BCUT2D eigenvalue weighted by atomic mass is 19.4. The fraction of sp³-hybridized carbons (Fsp3) is 0.286. The maximum absolute atomic E-state index is 15.3. The monoisotopic (exact) mass is 569 g/mol. The fourth-order valence-electron chi connectivity index (χ4n) is 5.10. The molecule has 0 spiro atoms. The number of carbonyl (C=O) groups excluding carboxylic acids is 1. The first kappa shape index (κ1) is 26.8. The Kier molecular flexibility index (Phi) is 6.70. The van der Waals surface area contributed by atoms with Crippen LogP contribution >= 0.6 is 0 Å². The van der Waals surface area contributed by atoms with Crippen molar-refractivity contribution in [3.05, 3.63) is 77.4 Å². The third-order valence-corrected chi connectivity index (χ3v) is 7.32. The van der Waals surface area contributed by atoms with Crippen molar-refractivity contribution in [1.82, 2.24) is 19.4 Å². The van der Waals surface area contributed by atoms with Gasteiger partial charge in [-0.2, -0.15) is 0 Å². The topological polar surface area (TPSA) is 98.6 Å². The summed E-state index contributed by atoms with van der Waals surface area (Å²) < 4.78 is 65.5. The first-order valence-electron chi connectivity index (χ1n) is 12.8. The number of carbonyl (C=O) groups is 1. The Balaban J connectivity index is 1.37. The number of hydrogen-bond donors (Lipinski definition) is 1. The highest BCUT2D eigenvalue weighted by Crippen LogP contribution is 2.44. The van der Waals surface area contributed by atoms with Crippen LogP contribution in [-0.4, -0.2) is 63.5 Å². The average molecular weight is 570 g/mol. The summed E-state index contributed by atoms with van der Waals surface area (Å²) in [4.78, 5) is 36.8. The molecule has 0 radical (unpaired) electrons. The molecule has 41 heavy (non-hydrogen) atoms. The molecular weight excluding hydrogens is 546 g/mol. The molecule has 2 aliphatic rings. The van der Waals surface area contributed by atoms with Crippen molar-refractivity contribution in [2.24, 2.45) is 0 Å². The van der Waals surface area contributed by atoms with Gasteiger partial charge in [0, 0.05) is 36.6 Å². The van der Waals surface area contributed by atoms with Crippen molar-refractivity contribution in [3.63, 3.8) is 0 Å². The lowest BCUT2D eigenvalue weighted by Crippen LogP contribution is -2.51. The van der Waals surface area contributed by atoms with Crippen molar-refractivity contribution in [2.45, 2.75) is 24.7 Å². The van der Waals surface area contributed by atoms with E-state index in [-0.39, 0.29) is 27.8 Å². The Bertz CT molecular complexity index is 1680. The summed E-state index contributed by atoms with van der Waals surface area (Å²) in [5, 5.41) is 2.55. The molecule has 9 nitrogen and oxygen atoms in total. The van der Waals surface area contributed by atoms with Crippen LogP contribution in [0.1, 0.15) is 12.8 Å². The number of hydrogen-bond acceptors (Lipinski definition) is 7. The smallest absolute Gasteiger partial charge is 0.404 e. The lowest BCUT2D eigenvalue weighted by atomic mass is 10.0. The molecule has 1 aliphatic carbocycles. The number of pyridine rings is 1. The SMILES string of the molecule is O=C(Nc1cc(-n2cnc3c(F)c(-c4cccnc4)ccc3c2=O)ccc1OC(F)(F)F)C1(N2CCOCC2)CC1. The second-order valence-electron chi connectivity index (χ2n) is 9.80. The maximum atomic E-state index is 15.3. The number of amides is 1. The van der Waals surface area contributed by atoms with Gasteiger partial charge in [0.25, 0.3) is 5.56 Å². The van der Waals surface area contributed by atoms with Crippen LogP contribution in [0.4, 0.5) is 23.2 Å². The summed E-state index contributed by atoms with van der Waals surface area (Å²) in [5.41, 5.74) is -1.12. The first-order valence-corrected chi connectivity index (χ1v) is 12.8. The molecule has 2 aromatic heterocycles. The van der Waals surface area contributed by atoms with Crippen LogP contribution in [0, 0.1) is 5.82 Å². The largest absolute Gasteiger partial charge is 0.573 e. The zero-order valence-corrected chi connectivity index (χ0v) is 21.4. The van der Waals surface area contributed by atoms with Crippen molar-refractivity contribution >= 4 is 22.5 Å². The van der Waals surface area contributed by atoms with Gasteiger partial charge in [0.1, 0.15) is 17.4 Å². The summed E-state index contributed by atoms with van der Waals surface area (Å²) in [7, 11) is 0. The molecule has 6 rings (SSSR count). The number of aromatic nitrogens is 3. The molecule has 1 amide bonds. The van der Waals surface area contributed by atoms with E-state index in [1.807, 2.05) is 4.90 Å². The number of morpholine rings is 1. The van der Waals surface area contributed by atoms with E-state index in [0.29, 0.717) is 44.7 Å². The maximum Gasteiger partial charge on any atom is 0.573 e. The van der Waals surface area contributed by atoms with E-state index in [2.05, 4.69) is 20.0 Å². The van der Waals surface area contributed by atoms with Crippen molar-refractivity contribution < 1.29 is 31.8 Å². The van der Waals surface area contributed by atoms with Crippen LogP contribution in [0.2, 0.25) is 0 Å². The van der Waals surface area contributed by atoms with E-state index in [1.54, 1.807) is 18.3 Å². The van der Waals surface area contributed by atoms with Gasteiger partial charge in [0.15, 0.2) is 11.6 Å². The molecule has 4 aromatic rings. The second kappa shape index (κ2) is 10.2. The summed E-state index contributed by atoms with van der Waals surface area (Å²) in [6.07, 6.45) is 0.198. The zero-order valence-electron chi connectivity index (χ0n) is 21.4. The van der Waals surface area contributed by atoms with Gasteiger partial charge in [0.2, 0.25) is 5.91 Å². The molecular formula is C28H23F4N5O4. The molecule has 1 aliphatic heterocycles. The molecule has 0 atom stereocenters. The Labute approximate surface area is 230 Å². The van der Waals surface area contributed by atoms with Gasteiger partial charge in [0.05, 0.1) is 30.0 Å². The first-order chi connectivity index (χ1) is 19.7. The summed E-state index contributed by atoms with van der Waals surface area (Å²) in [6.45, 7) is 1.96. The Morgan fingerprint density at radius 3 is 2.56 bits per heavy atom. The predicted molar refractivity (Wildman–Crippen MR) is 140 cm³/mol. The number of alkyl halides is 3. The lowest BCUT2D eigenvalue weighted by molar-refractivity contribution is -0.274. The number of rotatable bonds is 6. The summed E-state index contributed by atoms with van der Waals surface area (Å²) in [6, 6.07) is 9.62. The third kappa shape index (κ3) is 5.13. The minimum absolute atomic E-state index is 0.0388. The second-order valence-corrected chi connectivity index (χ2v) is 9.80. The lowest BCUT2D eigenvalue weighted by Gasteiger charge is -2.34. The number of benzene rings is 2. The van der Waals surface area contributed by atoms with Gasteiger partial charge in [-0.05, 0) is 43.2 Å². The van der Waals surface area contributed by atoms with Gasteiger partial charge >= 0.3 is 6.36 Å². The van der Waals surface area contributed by atoms with Crippen LogP contribution in [-0.2, 0) is 9.53 Å². The van der Waals surface area contributed by atoms with Crippen LogP contribution in [0.15, 0.2) is 66.0 Å². The van der Waals surface area contributed by atoms with E-state index in [1.165, 1.54) is 30.5 Å². The Morgan fingerprint density at radius 1 is 1.10 bits per heavy atom. The van der Waals surface area contributed by atoms with E-state index >= 15 is 4.39 Å². The van der Waals surface area contributed by atoms with Gasteiger partial charge in [-0.1, -0.05) is 12.1 Å². The molecule has 13 heteroatoms. The Hall–Kier alpha value is -4.36. The number of halogens is 4. The van der Waals surface area contributed by atoms with Crippen LogP contribution < -0.4 is 15.6 Å². The van der Waals surface area contributed by atoms with Gasteiger partial charge < -0.3 is 14.8 Å². The number of fused-ring (bicyclic) bond motifs is 1. The molecule has 2 aromatic carbocycles. The number of nitrogens with zero attached hydrogens (tertiary/aromatic N) is 4. The van der Waals surface area contributed by atoms with Gasteiger partial charge in [-0.15, -0.1) is 13.2 Å². The zero-order chi connectivity index (χ0) is 28.8. The predicted octanol–water partition coefficient (Wildman–Crippen LogP) is 4.29. The van der Waals surface area contributed by atoms with E-state index in [4.69, 9.17) is 4.74 Å². The van der Waals surface area contributed by atoms with E-state index in [9.17, 15) is 22.8 Å². The molecule has 1 N–H and O–H groups in total. The standard InChI is InChI=1S/C28H23F4N5O4/c29-23-19(17-2-1-9-33-15-17)4-5-20-24(23)34-16-37(25(20)38)18-3-6-22(41-28(30,31)32)21(14-18)35-26(39)27(7-8-27)36-10-12-40-13-11-36/h1-6,9,14-16H,7-8,10-13H2,(H,35,39). The van der Waals surface area contributed by atoms with Crippen LogP contribution in [0.5, 0.6) is 5.75 Å². The fourth-order valence-corrected chi connectivity index (χ4v) is 5.10. The summed E-state index contributed by atoms with van der Waals surface area (Å²) >= 11 is 0. The van der Waals surface area contributed by atoms with E-state index < -0.39 is 34.9 Å². The number of ether oxygens (including phenoxy) is 2. The molecule has 1 saturated heterocycles. The molecule has 0 unspecified atom stereocenters. The molecule has 212 valence electrons. The van der Waals surface area contributed by atoms with Crippen LogP contribution in [0.25, 0.3) is 27.7 Å². The van der Waals surface area contributed by atoms with Crippen molar-refractivity contribution in [2.75, 3.05) is 31.6 Å². The highest BCUT2D eigenvalue weighted by molar-refractivity contribution is 6.01. The van der Waals surface area contributed by atoms with E-state index in [0.717, 1.165) is 17.0 Å². The normalized spacial score (nSPS) is 16.9. The number of nitrogens with one attached hydrogen (secondary N) is 1.